The topological polar surface area (TPSA) is 55.8 Å². The molecule has 0 aromatic heterocycles. The molecule has 1 aromatic carbocycles. The van der Waals surface area contributed by atoms with Crippen LogP contribution in [0.4, 0.5) is 10.5 Å². The number of carbonyl (C=O) groups is 1. The number of aliphatic hydroxyl groups excluding tert-OH is 1. The lowest BCUT2D eigenvalue weighted by molar-refractivity contribution is 0.198. The van der Waals surface area contributed by atoms with Crippen molar-refractivity contribution in [2.45, 2.75) is 20.3 Å². The summed E-state index contributed by atoms with van der Waals surface area (Å²) in [6.07, 6.45) is 0.897. The quantitative estimate of drug-likeness (QED) is 0.843. The Kier molecular flexibility index (Phi) is 6.07. The Labute approximate surface area is 132 Å². The normalized spacial score (nSPS) is 17.6. The van der Waals surface area contributed by atoms with E-state index in [1.165, 1.54) is 11.3 Å². The summed E-state index contributed by atoms with van der Waals surface area (Å²) in [5.41, 5.74) is 2.47. The van der Waals surface area contributed by atoms with Gasteiger partial charge in [-0.1, -0.05) is 18.2 Å². The van der Waals surface area contributed by atoms with Crippen LogP contribution in [0.2, 0.25) is 0 Å². The van der Waals surface area contributed by atoms with Crippen molar-refractivity contribution in [1.82, 2.24) is 10.2 Å². The Morgan fingerprint density at radius 3 is 2.86 bits per heavy atom. The van der Waals surface area contributed by atoms with E-state index in [2.05, 4.69) is 36.2 Å². The van der Waals surface area contributed by atoms with Crippen LogP contribution in [0.15, 0.2) is 24.3 Å². The molecule has 0 aliphatic carbocycles. The lowest BCUT2D eigenvalue weighted by atomic mass is 10.1. The third kappa shape index (κ3) is 4.13. The zero-order valence-electron chi connectivity index (χ0n) is 13.6. The molecule has 2 rings (SSSR count). The molecule has 2 N–H and O–H groups in total. The fraction of sp³-hybridized carbons (Fsp3) is 0.588. The summed E-state index contributed by atoms with van der Waals surface area (Å²) >= 11 is 0. The van der Waals surface area contributed by atoms with Crippen LogP contribution in [0.3, 0.4) is 0 Å². The Hall–Kier alpha value is -1.75. The number of para-hydroxylation sites is 1. The fourth-order valence-electron chi connectivity index (χ4n) is 2.94. The predicted molar refractivity (Wildman–Crippen MR) is 89.2 cm³/mol. The Morgan fingerprint density at radius 2 is 2.23 bits per heavy atom. The second-order valence-electron chi connectivity index (χ2n) is 5.88. The standard InChI is InChI=1S/C17H27N3O2/c1-3-19(16-7-5-4-6-14(16)2)11-9-18-17(22)20-10-8-15(12-20)13-21/h4-7,15,21H,3,8-13H2,1-2H3,(H,18,22). The van der Waals surface area contributed by atoms with Crippen LogP contribution in [0.5, 0.6) is 0 Å². The van der Waals surface area contributed by atoms with Gasteiger partial charge in [-0.15, -0.1) is 0 Å². The summed E-state index contributed by atoms with van der Waals surface area (Å²) in [5.74, 6) is 0.241. The number of hydrogen-bond donors (Lipinski definition) is 2. The van der Waals surface area contributed by atoms with Crippen molar-refractivity contribution >= 4 is 11.7 Å². The zero-order chi connectivity index (χ0) is 15.9. The van der Waals surface area contributed by atoms with E-state index < -0.39 is 0 Å². The lowest BCUT2D eigenvalue weighted by Gasteiger charge is -2.25. The molecule has 0 radical (unpaired) electrons. The molecule has 1 aromatic rings. The maximum atomic E-state index is 12.1. The highest BCUT2D eigenvalue weighted by molar-refractivity contribution is 5.74. The molecule has 0 spiro atoms. The monoisotopic (exact) mass is 305 g/mol. The number of amides is 2. The van der Waals surface area contributed by atoms with Gasteiger partial charge in [0.15, 0.2) is 0 Å². The average Bonchev–Trinajstić information content (AvgIpc) is 3.01. The number of likely N-dealkylation sites (tertiary alicyclic amines) is 1. The van der Waals surface area contributed by atoms with Crippen molar-refractivity contribution in [1.29, 1.82) is 0 Å². The summed E-state index contributed by atoms with van der Waals surface area (Å²) in [5, 5.41) is 12.1. The van der Waals surface area contributed by atoms with Crippen LogP contribution in [0.25, 0.3) is 0 Å². The van der Waals surface area contributed by atoms with E-state index >= 15 is 0 Å². The van der Waals surface area contributed by atoms with Crippen molar-refractivity contribution in [3.63, 3.8) is 0 Å². The SMILES string of the molecule is CCN(CCNC(=O)N1CCC(CO)C1)c1ccccc1C. The van der Waals surface area contributed by atoms with Gasteiger partial charge in [0, 0.05) is 50.9 Å². The predicted octanol–water partition coefficient (Wildman–Crippen LogP) is 1.85. The minimum Gasteiger partial charge on any atom is -0.396 e. The Morgan fingerprint density at radius 1 is 1.45 bits per heavy atom. The van der Waals surface area contributed by atoms with Gasteiger partial charge in [0.05, 0.1) is 0 Å². The molecule has 5 heteroatoms. The van der Waals surface area contributed by atoms with E-state index in [-0.39, 0.29) is 18.6 Å². The average molecular weight is 305 g/mol. The van der Waals surface area contributed by atoms with Gasteiger partial charge >= 0.3 is 6.03 Å². The fourth-order valence-corrected chi connectivity index (χ4v) is 2.94. The lowest BCUT2D eigenvalue weighted by Crippen LogP contribution is -2.42. The van der Waals surface area contributed by atoms with Gasteiger partial charge in [-0.25, -0.2) is 4.79 Å². The molecule has 1 atom stereocenters. The molecule has 1 fully saturated rings. The van der Waals surface area contributed by atoms with Crippen molar-refractivity contribution in [2.24, 2.45) is 5.92 Å². The third-order valence-electron chi connectivity index (χ3n) is 4.33. The summed E-state index contributed by atoms with van der Waals surface area (Å²) < 4.78 is 0. The van der Waals surface area contributed by atoms with Gasteiger partial charge in [-0.05, 0) is 31.9 Å². The molecule has 2 amide bonds. The van der Waals surface area contributed by atoms with Gasteiger partial charge < -0.3 is 20.2 Å². The van der Waals surface area contributed by atoms with Gasteiger partial charge in [-0.3, -0.25) is 0 Å². The van der Waals surface area contributed by atoms with Crippen LogP contribution >= 0.6 is 0 Å². The highest BCUT2D eigenvalue weighted by atomic mass is 16.3. The number of carbonyl (C=O) groups excluding carboxylic acids is 1. The summed E-state index contributed by atoms with van der Waals surface area (Å²) in [7, 11) is 0. The van der Waals surface area contributed by atoms with Crippen LogP contribution < -0.4 is 10.2 Å². The molecule has 1 unspecified atom stereocenters. The van der Waals surface area contributed by atoms with Gasteiger partial charge in [-0.2, -0.15) is 0 Å². The first kappa shape index (κ1) is 16.6. The molecule has 1 aliphatic rings. The van der Waals surface area contributed by atoms with E-state index in [9.17, 15) is 4.79 Å². The van der Waals surface area contributed by atoms with Crippen LogP contribution in [0.1, 0.15) is 18.9 Å². The van der Waals surface area contributed by atoms with Crippen LogP contribution in [0, 0.1) is 12.8 Å². The van der Waals surface area contributed by atoms with Crippen LogP contribution in [-0.4, -0.2) is 55.4 Å². The summed E-state index contributed by atoms with van der Waals surface area (Å²) in [4.78, 5) is 16.2. The number of hydrogen-bond acceptors (Lipinski definition) is 3. The van der Waals surface area contributed by atoms with Gasteiger partial charge in [0.25, 0.3) is 0 Å². The molecule has 1 heterocycles. The van der Waals surface area contributed by atoms with Crippen molar-refractivity contribution in [3.8, 4) is 0 Å². The minimum atomic E-state index is -0.0169. The number of benzene rings is 1. The van der Waals surface area contributed by atoms with Crippen molar-refractivity contribution < 1.29 is 9.90 Å². The smallest absolute Gasteiger partial charge is 0.317 e. The van der Waals surface area contributed by atoms with E-state index in [0.29, 0.717) is 13.1 Å². The molecular formula is C17H27N3O2. The highest BCUT2D eigenvalue weighted by Gasteiger charge is 2.25. The number of urea groups is 1. The summed E-state index contributed by atoms with van der Waals surface area (Å²) in [6, 6.07) is 8.29. The Bertz CT molecular complexity index is 493. The van der Waals surface area contributed by atoms with Crippen LogP contribution in [-0.2, 0) is 0 Å². The maximum absolute atomic E-state index is 12.1. The second-order valence-corrected chi connectivity index (χ2v) is 5.88. The molecule has 1 aliphatic heterocycles. The molecule has 1 saturated heterocycles. The molecule has 22 heavy (non-hydrogen) atoms. The number of rotatable bonds is 6. The van der Waals surface area contributed by atoms with E-state index in [4.69, 9.17) is 5.11 Å². The molecule has 0 saturated carbocycles. The largest absolute Gasteiger partial charge is 0.396 e. The van der Waals surface area contributed by atoms with Crippen molar-refractivity contribution in [3.05, 3.63) is 29.8 Å². The maximum Gasteiger partial charge on any atom is 0.317 e. The number of nitrogens with one attached hydrogen (secondary N) is 1. The number of likely N-dealkylation sites (N-methyl/N-ethyl adjacent to an activating group) is 1. The Balaban J connectivity index is 1.80. The van der Waals surface area contributed by atoms with Gasteiger partial charge in [0.2, 0.25) is 0 Å². The van der Waals surface area contributed by atoms with Crippen molar-refractivity contribution in [2.75, 3.05) is 44.2 Å². The number of aryl methyl sites for hydroxylation is 1. The first-order valence-electron chi connectivity index (χ1n) is 8.10. The van der Waals surface area contributed by atoms with E-state index in [1.807, 2.05) is 12.1 Å². The molecule has 122 valence electrons. The number of anilines is 1. The summed E-state index contributed by atoms with van der Waals surface area (Å²) in [6.45, 7) is 8.14. The number of aliphatic hydroxyl groups is 1. The minimum absolute atomic E-state index is 0.0169. The number of nitrogens with zero attached hydrogens (tertiary/aromatic N) is 2. The first-order valence-corrected chi connectivity index (χ1v) is 8.10. The second kappa shape index (κ2) is 8.03. The third-order valence-corrected chi connectivity index (χ3v) is 4.33. The van der Waals surface area contributed by atoms with E-state index in [0.717, 1.165) is 26.1 Å². The molecule has 0 bridgehead atoms. The molecular weight excluding hydrogens is 278 g/mol. The van der Waals surface area contributed by atoms with Gasteiger partial charge in [0.1, 0.15) is 0 Å². The highest BCUT2D eigenvalue weighted by Crippen LogP contribution is 2.18. The first-order chi connectivity index (χ1) is 10.7. The zero-order valence-corrected chi connectivity index (χ0v) is 13.6. The molecule has 5 nitrogen and oxygen atoms in total. The van der Waals surface area contributed by atoms with E-state index in [1.54, 1.807) is 4.90 Å².